The van der Waals surface area contributed by atoms with Gasteiger partial charge in [-0.3, -0.25) is 0 Å². The molecule has 1 aliphatic carbocycles. The van der Waals surface area contributed by atoms with Crippen molar-refractivity contribution >= 4 is 5.95 Å². The highest BCUT2D eigenvalue weighted by Gasteiger charge is 2.35. The van der Waals surface area contributed by atoms with Gasteiger partial charge in [0.05, 0.1) is 12.7 Å². The Kier molecular flexibility index (Phi) is 4.53. The van der Waals surface area contributed by atoms with Crippen LogP contribution < -0.4 is 4.90 Å². The molecule has 4 heteroatoms. The predicted molar refractivity (Wildman–Crippen MR) is 72.8 cm³/mol. The van der Waals surface area contributed by atoms with Crippen molar-refractivity contribution in [2.75, 3.05) is 24.6 Å². The molecule has 100 valence electrons. The van der Waals surface area contributed by atoms with Crippen molar-refractivity contribution in [2.24, 2.45) is 5.92 Å². The maximum atomic E-state index is 5.79. The van der Waals surface area contributed by atoms with E-state index in [1.54, 1.807) is 0 Å². The van der Waals surface area contributed by atoms with Crippen molar-refractivity contribution in [1.82, 2.24) is 9.97 Å². The fraction of sp³-hybridized carbons (Fsp3) is 0.714. The first kappa shape index (κ1) is 13.3. The summed E-state index contributed by atoms with van der Waals surface area (Å²) < 4.78 is 5.79. The lowest BCUT2D eigenvalue weighted by Gasteiger charge is -2.33. The van der Waals surface area contributed by atoms with E-state index in [2.05, 4.69) is 14.9 Å². The van der Waals surface area contributed by atoms with Gasteiger partial charge in [-0.1, -0.05) is 13.8 Å². The van der Waals surface area contributed by atoms with E-state index < -0.39 is 0 Å². The average Bonchev–Trinajstić information content (AvgIpc) is 3.26. The Bertz CT molecular complexity index is 379. The maximum absolute atomic E-state index is 5.79. The van der Waals surface area contributed by atoms with E-state index in [4.69, 9.17) is 4.74 Å². The Morgan fingerprint density at radius 2 is 2.11 bits per heavy atom. The lowest BCUT2D eigenvalue weighted by molar-refractivity contribution is 0.0258. The summed E-state index contributed by atoms with van der Waals surface area (Å²) in [6, 6.07) is 1.93. The molecule has 1 aliphatic heterocycles. The zero-order valence-electron chi connectivity index (χ0n) is 11.6. The minimum absolute atomic E-state index is 0.401. The van der Waals surface area contributed by atoms with Crippen molar-refractivity contribution in [1.29, 1.82) is 0 Å². The summed E-state index contributed by atoms with van der Waals surface area (Å²) in [6.45, 7) is 8.67. The molecule has 3 rings (SSSR count). The Morgan fingerprint density at radius 3 is 2.78 bits per heavy atom. The molecule has 1 aromatic rings. The van der Waals surface area contributed by atoms with Gasteiger partial charge >= 0.3 is 0 Å². The second-order valence-corrected chi connectivity index (χ2v) is 4.69. The molecule has 4 nitrogen and oxygen atoms in total. The number of hydrogen-bond donors (Lipinski definition) is 0. The number of nitrogens with zero attached hydrogens (tertiary/aromatic N) is 3. The van der Waals surface area contributed by atoms with Crippen LogP contribution in [-0.4, -0.2) is 35.8 Å². The van der Waals surface area contributed by atoms with Gasteiger partial charge in [0, 0.05) is 25.0 Å². The van der Waals surface area contributed by atoms with Crippen LogP contribution >= 0.6 is 0 Å². The molecule has 2 aliphatic rings. The Morgan fingerprint density at radius 1 is 1.33 bits per heavy atom. The molecule has 0 radical (unpaired) electrons. The minimum atomic E-state index is 0.401. The lowest BCUT2D eigenvalue weighted by Crippen LogP contribution is -2.44. The number of morpholine rings is 1. The van der Waals surface area contributed by atoms with Gasteiger partial charge in [0.1, 0.15) is 0 Å². The number of aryl methyl sites for hydroxylation is 1. The fourth-order valence-corrected chi connectivity index (χ4v) is 2.20. The Hall–Kier alpha value is -1.16. The molecule has 1 saturated heterocycles. The summed E-state index contributed by atoms with van der Waals surface area (Å²) in [5, 5.41) is 0. The molecular weight excluding hydrogens is 226 g/mol. The number of ether oxygens (including phenoxy) is 1. The van der Waals surface area contributed by atoms with Crippen LogP contribution in [0.1, 0.15) is 32.4 Å². The second kappa shape index (κ2) is 6.14. The number of hydrogen-bond acceptors (Lipinski definition) is 4. The standard InChI is InChI=1S/C12H17N3O.C2H6/c1-9-4-5-13-12(14-9)15-6-7-16-11(8-15)10-2-3-10;1-2/h4-5,10-11H,2-3,6-8H2,1H3;1-2H3. The SMILES string of the molecule is CC.Cc1ccnc(N2CCOC(C3CC3)C2)n1. The van der Waals surface area contributed by atoms with Gasteiger partial charge in [-0.15, -0.1) is 0 Å². The smallest absolute Gasteiger partial charge is 0.225 e. The number of anilines is 1. The van der Waals surface area contributed by atoms with Gasteiger partial charge in [0.2, 0.25) is 5.95 Å². The molecule has 2 heterocycles. The first-order chi connectivity index (χ1) is 8.83. The van der Waals surface area contributed by atoms with Gasteiger partial charge in [-0.25, -0.2) is 9.97 Å². The molecule has 0 N–H and O–H groups in total. The summed E-state index contributed by atoms with van der Waals surface area (Å²) in [6.07, 6.45) is 4.89. The van der Waals surface area contributed by atoms with Crippen LogP contribution in [0.5, 0.6) is 0 Å². The maximum Gasteiger partial charge on any atom is 0.225 e. The second-order valence-electron chi connectivity index (χ2n) is 4.69. The van der Waals surface area contributed by atoms with Crippen LogP contribution in [0, 0.1) is 12.8 Å². The van der Waals surface area contributed by atoms with Crippen molar-refractivity contribution < 1.29 is 4.74 Å². The summed E-state index contributed by atoms with van der Waals surface area (Å²) in [4.78, 5) is 11.1. The van der Waals surface area contributed by atoms with Gasteiger partial charge < -0.3 is 9.64 Å². The zero-order valence-corrected chi connectivity index (χ0v) is 11.6. The van der Waals surface area contributed by atoms with Crippen LogP contribution in [0.2, 0.25) is 0 Å². The van der Waals surface area contributed by atoms with Gasteiger partial charge in [-0.2, -0.15) is 0 Å². The molecule has 0 aromatic carbocycles. The zero-order chi connectivity index (χ0) is 13.0. The molecule has 1 unspecified atom stereocenters. The molecule has 0 amide bonds. The lowest BCUT2D eigenvalue weighted by atomic mass is 10.2. The van der Waals surface area contributed by atoms with Gasteiger partial charge in [0.15, 0.2) is 0 Å². The first-order valence-corrected chi connectivity index (χ1v) is 6.99. The quantitative estimate of drug-likeness (QED) is 0.807. The molecule has 0 spiro atoms. The van der Waals surface area contributed by atoms with E-state index in [1.807, 2.05) is 33.0 Å². The van der Waals surface area contributed by atoms with Crippen LogP contribution in [0.25, 0.3) is 0 Å². The molecule has 0 bridgehead atoms. The third kappa shape index (κ3) is 3.19. The third-order valence-electron chi connectivity index (χ3n) is 3.31. The molecule has 1 atom stereocenters. The first-order valence-electron chi connectivity index (χ1n) is 6.99. The molecule has 2 fully saturated rings. The minimum Gasteiger partial charge on any atom is -0.374 e. The normalized spacial score (nSPS) is 23.3. The van der Waals surface area contributed by atoms with Crippen molar-refractivity contribution in [3.8, 4) is 0 Å². The summed E-state index contributed by atoms with van der Waals surface area (Å²) in [7, 11) is 0. The fourth-order valence-electron chi connectivity index (χ4n) is 2.20. The van der Waals surface area contributed by atoms with Gasteiger partial charge in [0.25, 0.3) is 0 Å². The van der Waals surface area contributed by atoms with Crippen molar-refractivity contribution in [2.45, 2.75) is 39.7 Å². The van der Waals surface area contributed by atoms with Crippen LogP contribution in [-0.2, 0) is 4.74 Å². The van der Waals surface area contributed by atoms with Gasteiger partial charge in [-0.05, 0) is 31.7 Å². The van der Waals surface area contributed by atoms with E-state index >= 15 is 0 Å². The number of rotatable bonds is 2. The van der Waals surface area contributed by atoms with E-state index in [-0.39, 0.29) is 0 Å². The van der Waals surface area contributed by atoms with E-state index in [9.17, 15) is 0 Å². The molecule has 1 aromatic heterocycles. The van der Waals surface area contributed by atoms with Crippen LogP contribution in [0.3, 0.4) is 0 Å². The highest BCUT2D eigenvalue weighted by molar-refractivity contribution is 5.31. The summed E-state index contributed by atoms with van der Waals surface area (Å²) in [5.74, 6) is 1.64. The topological polar surface area (TPSA) is 38.2 Å². The predicted octanol–water partition coefficient (Wildman–Crippen LogP) is 2.43. The van der Waals surface area contributed by atoms with Crippen molar-refractivity contribution in [3.63, 3.8) is 0 Å². The van der Waals surface area contributed by atoms with E-state index in [1.165, 1.54) is 12.8 Å². The number of aromatic nitrogens is 2. The largest absolute Gasteiger partial charge is 0.374 e. The van der Waals surface area contributed by atoms with Crippen molar-refractivity contribution in [3.05, 3.63) is 18.0 Å². The molecule has 1 saturated carbocycles. The van der Waals surface area contributed by atoms with Crippen LogP contribution in [0.4, 0.5) is 5.95 Å². The average molecular weight is 249 g/mol. The Labute approximate surface area is 109 Å². The Balaban J connectivity index is 0.000000574. The monoisotopic (exact) mass is 249 g/mol. The molecular formula is C14H23N3O. The van der Waals surface area contributed by atoms with Crippen LogP contribution in [0.15, 0.2) is 12.3 Å². The molecule has 18 heavy (non-hydrogen) atoms. The summed E-state index contributed by atoms with van der Waals surface area (Å²) in [5.41, 5.74) is 1.03. The highest BCUT2D eigenvalue weighted by Crippen LogP contribution is 2.36. The summed E-state index contributed by atoms with van der Waals surface area (Å²) >= 11 is 0. The van der Waals surface area contributed by atoms with E-state index in [0.29, 0.717) is 6.10 Å². The highest BCUT2D eigenvalue weighted by atomic mass is 16.5. The van der Waals surface area contributed by atoms with E-state index in [0.717, 1.165) is 37.3 Å². The third-order valence-corrected chi connectivity index (χ3v) is 3.31.